The lowest BCUT2D eigenvalue weighted by atomic mass is 9.76. The Balaban J connectivity index is 2.35. The van der Waals surface area contributed by atoms with Crippen LogP contribution >= 0.6 is 0 Å². The molecule has 216 valence electrons. The first-order valence-corrected chi connectivity index (χ1v) is 15.1. The Morgan fingerprint density at radius 3 is 2.18 bits per heavy atom. The van der Waals surface area contributed by atoms with Crippen LogP contribution in [0.15, 0.2) is 12.1 Å². The summed E-state index contributed by atoms with van der Waals surface area (Å²) in [4.78, 5) is 30.9. The van der Waals surface area contributed by atoms with E-state index < -0.39 is 0 Å². The number of hydrogen-bond donors (Lipinski definition) is 0. The minimum atomic E-state index is -0.0947. The van der Waals surface area contributed by atoms with Gasteiger partial charge in [0.25, 0.3) is 0 Å². The highest BCUT2D eigenvalue weighted by Gasteiger charge is 2.45. The maximum atomic E-state index is 13.8. The van der Waals surface area contributed by atoms with Crippen LogP contribution in [-0.2, 0) is 9.59 Å². The van der Waals surface area contributed by atoms with Gasteiger partial charge in [0.1, 0.15) is 6.29 Å². The number of nitrogens with zero attached hydrogens (tertiary/aromatic N) is 3. The quantitative estimate of drug-likeness (QED) is 0.203. The molecule has 2 rings (SSSR count). The van der Waals surface area contributed by atoms with Crippen molar-refractivity contribution < 1.29 is 14.1 Å². The topological polar surface area (TPSA) is 40.6 Å². The van der Waals surface area contributed by atoms with E-state index in [1.807, 2.05) is 0 Å². The molecular weight excluding hydrogens is 470 g/mol. The third-order valence-corrected chi connectivity index (χ3v) is 8.76. The number of carbonyl (C=O) groups excluding carboxylic acids is 2. The van der Waals surface area contributed by atoms with Crippen molar-refractivity contribution in [3.63, 3.8) is 0 Å². The monoisotopic (exact) mass is 528 g/mol. The Morgan fingerprint density at radius 2 is 1.66 bits per heavy atom. The van der Waals surface area contributed by atoms with Crippen molar-refractivity contribution in [2.75, 3.05) is 53.9 Å². The molecule has 1 fully saturated rings. The van der Waals surface area contributed by atoms with Crippen molar-refractivity contribution in [1.29, 1.82) is 0 Å². The maximum Gasteiger partial charge on any atom is 0.236 e. The summed E-state index contributed by atoms with van der Waals surface area (Å²) in [6.45, 7) is 19.4. The molecule has 5 heteroatoms. The lowest BCUT2D eigenvalue weighted by molar-refractivity contribution is -0.870. The summed E-state index contributed by atoms with van der Waals surface area (Å²) in [6.07, 6.45) is 7.51. The fourth-order valence-corrected chi connectivity index (χ4v) is 6.33. The van der Waals surface area contributed by atoms with Gasteiger partial charge in [-0.25, -0.2) is 0 Å². The first kappa shape index (κ1) is 32.5. The minimum Gasteiger partial charge on any atom is -0.341 e. The Kier molecular flexibility index (Phi) is 12.0. The molecule has 1 aliphatic rings. The summed E-state index contributed by atoms with van der Waals surface area (Å²) in [6, 6.07) is 4.65. The fourth-order valence-electron chi connectivity index (χ4n) is 6.33. The molecule has 38 heavy (non-hydrogen) atoms. The van der Waals surface area contributed by atoms with Crippen LogP contribution in [0.4, 0.5) is 0 Å². The van der Waals surface area contributed by atoms with Crippen LogP contribution in [0.2, 0.25) is 0 Å². The highest BCUT2D eigenvalue weighted by molar-refractivity contribution is 5.78. The summed E-state index contributed by atoms with van der Waals surface area (Å²) < 4.78 is 0.911. The van der Waals surface area contributed by atoms with Gasteiger partial charge in [-0.1, -0.05) is 52.7 Å². The number of amides is 1. The third kappa shape index (κ3) is 9.19. The molecular formula is C33H58N3O2+. The van der Waals surface area contributed by atoms with Gasteiger partial charge in [-0.05, 0) is 67.7 Å². The predicted octanol–water partition coefficient (Wildman–Crippen LogP) is 6.14. The third-order valence-electron chi connectivity index (χ3n) is 8.76. The molecule has 0 radical (unpaired) electrons. The molecule has 0 bridgehead atoms. The van der Waals surface area contributed by atoms with E-state index in [-0.39, 0.29) is 29.2 Å². The van der Waals surface area contributed by atoms with E-state index in [2.05, 4.69) is 91.5 Å². The average Bonchev–Trinajstić information content (AvgIpc) is 3.14. The van der Waals surface area contributed by atoms with Crippen molar-refractivity contribution in [3.05, 3.63) is 34.4 Å². The van der Waals surface area contributed by atoms with Crippen molar-refractivity contribution in [3.8, 4) is 0 Å². The van der Waals surface area contributed by atoms with Crippen molar-refractivity contribution in [1.82, 2.24) is 9.80 Å². The van der Waals surface area contributed by atoms with Crippen LogP contribution in [0.25, 0.3) is 0 Å². The zero-order valence-corrected chi connectivity index (χ0v) is 26.4. The van der Waals surface area contributed by atoms with Gasteiger partial charge in [-0.15, -0.1) is 0 Å². The van der Waals surface area contributed by atoms with Crippen LogP contribution in [-0.4, -0.2) is 86.4 Å². The molecule has 1 aromatic rings. The Morgan fingerprint density at radius 1 is 1.05 bits per heavy atom. The predicted molar refractivity (Wildman–Crippen MR) is 161 cm³/mol. The number of likely N-dealkylation sites (tertiary alicyclic amines) is 1. The number of rotatable bonds is 15. The van der Waals surface area contributed by atoms with Gasteiger partial charge < -0.3 is 14.2 Å². The molecule has 0 N–H and O–H groups in total. The van der Waals surface area contributed by atoms with Gasteiger partial charge in [0.15, 0.2) is 0 Å². The van der Waals surface area contributed by atoms with Gasteiger partial charge in [0.05, 0.1) is 34.2 Å². The lowest BCUT2D eigenvalue weighted by Crippen LogP contribution is -2.46. The Labute approximate surface area is 234 Å². The minimum absolute atomic E-state index is 0.0872. The summed E-state index contributed by atoms with van der Waals surface area (Å²) in [7, 11) is 6.62. The second-order valence-electron chi connectivity index (χ2n) is 13.8. The van der Waals surface area contributed by atoms with Crippen LogP contribution in [0, 0.1) is 32.1 Å². The molecule has 1 heterocycles. The number of benzene rings is 1. The summed E-state index contributed by atoms with van der Waals surface area (Å²) in [5.41, 5.74) is 5.27. The first-order valence-electron chi connectivity index (χ1n) is 15.1. The molecule has 5 nitrogen and oxygen atoms in total. The lowest BCUT2D eigenvalue weighted by Gasteiger charge is -2.35. The van der Waals surface area contributed by atoms with Crippen LogP contribution in [0.5, 0.6) is 0 Å². The van der Waals surface area contributed by atoms with Crippen LogP contribution < -0.4 is 0 Å². The van der Waals surface area contributed by atoms with Gasteiger partial charge >= 0.3 is 0 Å². The molecule has 1 saturated heterocycles. The summed E-state index contributed by atoms with van der Waals surface area (Å²) >= 11 is 0. The second-order valence-corrected chi connectivity index (χ2v) is 13.8. The van der Waals surface area contributed by atoms with Crippen molar-refractivity contribution >= 4 is 12.2 Å². The van der Waals surface area contributed by atoms with E-state index >= 15 is 0 Å². The fraction of sp³-hybridized carbons (Fsp3) is 0.758. The largest absolute Gasteiger partial charge is 0.341 e. The standard InChI is InChI=1S/C33H58N3O2/c1-11-13-16-34(17-14-18-36(8,9)10)32(38)23-35-22-29(28-19-25(3)27(5)26(4)20-28)30(24-37)31(35)21-33(6,7)15-12-2/h19-20,24,29-31H,11-18,21-23H2,1-10H3/q+1/t29-,30-,31+/m1/s1. The Hall–Kier alpha value is -1.72. The summed E-state index contributed by atoms with van der Waals surface area (Å²) in [5, 5.41) is 0. The molecule has 1 amide bonds. The molecule has 0 saturated carbocycles. The van der Waals surface area contributed by atoms with Crippen molar-refractivity contribution in [2.24, 2.45) is 11.3 Å². The number of aldehydes is 1. The van der Waals surface area contributed by atoms with Gasteiger partial charge in [-0.2, -0.15) is 0 Å². The number of aryl methyl sites for hydroxylation is 2. The van der Waals surface area contributed by atoms with E-state index in [1.54, 1.807) is 0 Å². The smallest absolute Gasteiger partial charge is 0.236 e. The number of carbonyl (C=O) groups is 2. The molecule has 0 spiro atoms. The average molecular weight is 529 g/mol. The molecule has 3 atom stereocenters. The highest BCUT2D eigenvalue weighted by Crippen LogP contribution is 2.43. The number of unbranched alkanes of at least 4 members (excludes halogenated alkanes) is 1. The van der Waals surface area contributed by atoms with Crippen LogP contribution in [0.1, 0.15) is 94.4 Å². The molecule has 0 aromatic heterocycles. The number of quaternary nitrogens is 1. The SMILES string of the molecule is CCCCN(CCC[N+](C)(C)C)C(=O)CN1C[C@H](c2cc(C)c(C)c(C)c2)[C@@H](C=O)[C@@H]1CC(C)(C)CCC. The van der Waals surface area contributed by atoms with Gasteiger partial charge in [0.2, 0.25) is 5.91 Å². The molecule has 0 aliphatic carbocycles. The molecule has 0 unspecified atom stereocenters. The number of hydrogen-bond acceptors (Lipinski definition) is 3. The van der Waals surface area contributed by atoms with E-state index in [4.69, 9.17) is 0 Å². The van der Waals surface area contributed by atoms with Crippen LogP contribution in [0.3, 0.4) is 0 Å². The van der Waals surface area contributed by atoms with E-state index in [1.165, 1.54) is 28.5 Å². The summed E-state index contributed by atoms with van der Waals surface area (Å²) in [5.74, 6) is 0.255. The van der Waals surface area contributed by atoms with E-state index in [0.29, 0.717) is 6.54 Å². The Bertz CT molecular complexity index is 894. The molecule has 1 aromatic carbocycles. The zero-order valence-electron chi connectivity index (χ0n) is 26.4. The van der Waals surface area contributed by atoms with Crippen molar-refractivity contribution in [2.45, 2.75) is 99.0 Å². The van der Waals surface area contributed by atoms with Gasteiger partial charge in [-0.3, -0.25) is 9.69 Å². The van der Waals surface area contributed by atoms with Gasteiger partial charge in [0, 0.05) is 43.9 Å². The van der Waals surface area contributed by atoms with E-state index in [9.17, 15) is 9.59 Å². The molecule has 1 aliphatic heterocycles. The highest BCUT2D eigenvalue weighted by atomic mass is 16.2. The first-order chi connectivity index (χ1) is 17.7. The normalized spacial score (nSPS) is 20.6. The van der Waals surface area contributed by atoms with E-state index in [0.717, 1.165) is 69.2 Å². The zero-order chi connectivity index (χ0) is 28.7. The second kappa shape index (κ2) is 14.1. The maximum absolute atomic E-state index is 13.8.